The third-order valence-corrected chi connectivity index (χ3v) is 1.77. The molecule has 0 saturated heterocycles. The molecule has 1 aromatic carbocycles. The van der Waals surface area contributed by atoms with Crippen LogP contribution in [-0.2, 0) is 0 Å². The second-order valence-electron chi connectivity index (χ2n) is 2.53. The average Bonchev–Trinajstić information content (AvgIpc) is 2.12. The van der Waals surface area contributed by atoms with Crippen molar-refractivity contribution in [2.75, 3.05) is 0 Å². The van der Waals surface area contributed by atoms with Crippen LogP contribution in [0.25, 0.3) is 0 Å². The van der Waals surface area contributed by atoms with Gasteiger partial charge in [-0.05, 0) is 0 Å². The van der Waals surface area contributed by atoms with Crippen molar-refractivity contribution in [3.63, 3.8) is 0 Å². The van der Waals surface area contributed by atoms with Gasteiger partial charge in [-0.3, -0.25) is 0 Å². The third kappa shape index (κ3) is 1.65. The molecule has 0 amide bonds. The maximum absolute atomic E-state index is 11.2. The number of benzene rings is 1. The molecule has 3 heteroatoms. The Morgan fingerprint density at radius 2 is 1.62 bits per heavy atom. The first kappa shape index (κ1) is 9.98. The maximum Gasteiger partial charge on any atom is 1.00 e. The molecule has 0 aliphatic heterocycles. The standard InChI is InChI=1S/C10H5O2.Li/c11-9-5-6-10(12)8-4-2-1-3-7(8)9;/h1-5H;/q-1;+1. The summed E-state index contributed by atoms with van der Waals surface area (Å²) in [5, 5.41) is 0. The van der Waals surface area contributed by atoms with Gasteiger partial charge in [0, 0.05) is 0 Å². The first-order chi connectivity index (χ1) is 5.79. The van der Waals surface area contributed by atoms with Crippen LogP contribution < -0.4 is 18.9 Å². The molecule has 2 rings (SSSR count). The van der Waals surface area contributed by atoms with Crippen LogP contribution in [0.1, 0.15) is 20.7 Å². The molecule has 1 aromatic rings. The molecule has 0 saturated carbocycles. The van der Waals surface area contributed by atoms with E-state index in [4.69, 9.17) is 0 Å². The SMILES string of the molecule is O=C1[C-]=CC(=O)c2ccccc21.[Li+]. The molecule has 2 nitrogen and oxygen atoms in total. The zero-order chi connectivity index (χ0) is 8.55. The van der Waals surface area contributed by atoms with Crippen LogP contribution in [0.3, 0.4) is 0 Å². The van der Waals surface area contributed by atoms with Crippen molar-refractivity contribution in [1.29, 1.82) is 0 Å². The largest absolute Gasteiger partial charge is 1.00 e. The van der Waals surface area contributed by atoms with E-state index >= 15 is 0 Å². The topological polar surface area (TPSA) is 34.1 Å². The van der Waals surface area contributed by atoms with Crippen molar-refractivity contribution in [2.24, 2.45) is 0 Å². The molecule has 0 spiro atoms. The van der Waals surface area contributed by atoms with E-state index in [1.165, 1.54) is 6.08 Å². The van der Waals surface area contributed by atoms with Gasteiger partial charge in [-0.2, -0.15) is 0 Å². The Hall–Kier alpha value is -1.10. The first-order valence-corrected chi connectivity index (χ1v) is 3.56. The van der Waals surface area contributed by atoms with E-state index in [2.05, 4.69) is 6.08 Å². The van der Waals surface area contributed by atoms with Gasteiger partial charge in [-0.15, -0.1) is 18.2 Å². The molecular formula is C10H5LiO2. The van der Waals surface area contributed by atoms with Gasteiger partial charge in [-0.25, -0.2) is 0 Å². The number of Topliss-reactive ketones (excluding diaryl/α,β-unsaturated/α-hetero) is 1. The van der Waals surface area contributed by atoms with Gasteiger partial charge in [0.1, 0.15) is 0 Å². The minimum Gasteiger partial charge on any atom is -0.366 e. The summed E-state index contributed by atoms with van der Waals surface area (Å²) in [5.41, 5.74) is 0.922. The van der Waals surface area contributed by atoms with Gasteiger partial charge < -0.3 is 9.59 Å². The van der Waals surface area contributed by atoms with Crippen LogP contribution in [0, 0.1) is 6.08 Å². The van der Waals surface area contributed by atoms with Crippen LogP contribution in [0.2, 0.25) is 0 Å². The normalized spacial score (nSPS) is 13.5. The molecule has 0 heterocycles. The van der Waals surface area contributed by atoms with Crippen molar-refractivity contribution in [1.82, 2.24) is 0 Å². The van der Waals surface area contributed by atoms with Gasteiger partial charge in [0.15, 0.2) is 0 Å². The summed E-state index contributed by atoms with van der Waals surface area (Å²) in [6.07, 6.45) is 3.56. The van der Waals surface area contributed by atoms with Gasteiger partial charge in [0.05, 0.1) is 11.6 Å². The number of allylic oxidation sites excluding steroid dienone is 2. The van der Waals surface area contributed by atoms with E-state index in [0.29, 0.717) is 11.1 Å². The van der Waals surface area contributed by atoms with Crippen molar-refractivity contribution in [3.05, 3.63) is 47.5 Å². The predicted molar refractivity (Wildman–Crippen MR) is 42.9 cm³/mol. The smallest absolute Gasteiger partial charge is 0.366 e. The number of fused-ring (bicyclic) bond motifs is 1. The Bertz CT molecular complexity index is 357. The first-order valence-electron chi connectivity index (χ1n) is 3.56. The summed E-state index contributed by atoms with van der Waals surface area (Å²) < 4.78 is 0. The van der Waals surface area contributed by atoms with Crippen molar-refractivity contribution in [2.45, 2.75) is 0 Å². The fourth-order valence-electron chi connectivity index (χ4n) is 1.18. The Labute approximate surface area is 87.8 Å². The van der Waals surface area contributed by atoms with E-state index in [-0.39, 0.29) is 30.4 Å². The van der Waals surface area contributed by atoms with Gasteiger partial charge in [0.25, 0.3) is 0 Å². The molecule has 0 atom stereocenters. The van der Waals surface area contributed by atoms with Crippen LogP contribution in [0.15, 0.2) is 30.3 Å². The maximum atomic E-state index is 11.2. The van der Waals surface area contributed by atoms with E-state index in [0.717, 1.165) is 0 Å². The summed E-state index contributed by atoms with van der Waals surface area (Å²) in [6, 6.07) is 6.75. The van der Waals surface area contributed by atoms with Gasteiger partial charge in [-0.1, -0.05) is 29.3 Å². The average molecular weight is 164 g/mol. The van der Waals surface area contributed by atoms with Crippen molar-refractivity contribution in [3.8, 4) is 0 Å². The number of ketones is 2. The summed E-state index contributed by atoms with van der Waals surface area (Å²) in [5.74, 6) is -0.365. The molecule has 58 valence electrons. The Kier molecular flexibility index (Phi) is 2.87. The Balaban J connectivity index is 0.000000845. The number of carbonyl (C=O) groups is 2. The number of hydrogen-bond acceptors (Lipinski definition) is 2. The predicted octanol–water partition coefficient (Wildman–Crippen LogP) is -1.57. The van der Waals surface area contributed by atoms with Crippen LogP contribution in [-0.4, -0.2) is 11.6 Å². The minimum absolute atomic E-state index is 0. The molecule has 0 fully saturated rings. The monoisotopic (exact) mass is 164 g/mol. The fourth-order valence-corrected chi connectivity index (χ4v) is 1.18. The summed E-state index contributed by atoms with van der Waals surface area (Å²) >= 11 is 0. The zero-order valence-electron chi connectivity index (χ0n) is 7.20. The quantitative estimate of drug-likeness (QED) is 0.343. The second-order valence-corrected chi connectivity index (χ2v) is 2.53. The summed E-state index contributed by atoms with van der Waals surface area (Å²) in [7, 11) is 0. The van der Waals surface area contributed by atoms with E-state index in [9.17, 15) is 9.59 Å². The van der Waals surface area contributed by atoms with Crippen molar-refractivity contribution < 1.29 is 28.4 Å². The molecule has 1 aliphatic rings. The molecule has 0 N–H and O–H groups in total. The van der Waals surface area contributed by atoms with Crippen LogP contribution in [0.5, 0.6) is 0 Å². The van der Waals surface area contributed by atoms with E-state index < -0.39 is 0 Å². The fraction of sp³-hybridized carbons (Fsp3) is 0. The molecular weight excluding hydrogens is 159 g/mol. The third-order valence-electron chi connectivity index (χ3n) is 1.77. The van der Waals surface area contributed by atoms with Gasteiger partial charge in [0.2, 0.25) is 0 Å². The zero-order valence-corrected chi connectivity index (χ0v) is 7.20. The second kappa shape index (κ2) is 3.74. The minimum atomic E-state index is -0.217. The van der Waals surface area contributed by atoms with Crippen molar-refractivity contribution >= 4 is 11.6 Å². The number of hydrogen-bond donors (Lipinski definition) is 0. The van der Waals surface area contributed by atoms with E-state index in [1.807, 2.05) is 0 Å². The molecule has 0 unspecified atom stereocenters. The number of rotatable bonds is 0. The Morgan fingerprint density at radius 1 is 1.00 bits per heavy atom. The Morgan fingerprint density at radius 3 is 2.23 bits per heavy atom. The van der Waals surface area contributed by atoms with Crippen LogP contribution >= 0.6 is 0 Å². The molecule has 0 radical (unpaired) electrons. The van der Waals surface area contributed by atoms with E-state index in [1.54, 1.807) is 24.3 Å². The molecule has 0 bridgehead atoms. The summed E-state index contributed by atoms with van der Waals surface area (Å²) in [4.78, 5) is 22.3. The van der Waals surface area contributed by atoms with Crippen LogP contribution in [0.4, 0.5) is 0 Å². The molecule has 0 aromatic heterocycles. The number of carbonyl (C=O) groups excluding carboxylic acids is 2. The molecule has 13 heavy (non-hydrogen) atoms. The molecule has 1 aliphatic carbocycles. The summed E-state index contributed by atoms with van der Waals surface area (Å²) in [6.45, 7) is 0. The van der Waals surface area contributed by atoms with Gasteiger partial charge >= 0.3 is 18.9 Å².